The molecule has 1 aliphatic rings. The molecule has 0 radical (unpaired) electrons. The molecule has 0 saturated carbocycles. The molecule has 0 fully saturated rings. The summed E-state index contributed by atoms with van der Waals surface area (Å²) >= 11 is 1.99. The van der Waals surface area contributed by atoms with E-state index < -0.39 is 0 Å². The van der Waals surface area contributed by atoms with Gasteiger partial charge < -0.3 is 5.32 Å². The summed E-state index contributed by atoms with van der Waals surface area (Å²) in [5.74, 6) is 1.19. The lowest BCUT2D eigenvalue weighted by Gasteiger charge is -2.19. The van der Waals surface area contributed by atoms with Gasteiger partial charge in [-0.2, -0.15) is 0 Å². The Balaban J connectivity index is 1.77. The van der Waals surface area contributed by atoms with Gasteiger partial charge in [-0.25, -0.2) is 0 Å². The number of hydrogen-bond acceptors (Lipinski definition) is 2. The Bertz CT molecular complexity index is 364. The van der Waals surface area contributed by atoms with E-state index in [9.17, 15) is 0 Å². The van der Waals surface area contributed by atoms with E-state index in [1.54, 1.807) is 0 Å². The van der Waals surface area contributed by atoms with E-state index in [0.29, 0.717) is 12.1 Å². The second-order valence-corrected chi connectivity index (χ2v) is 6.38. The Morgan fingerprint density at radius 3 is 2.94 bits per heavy atom. The van der Waals surface area contributed by atoms with Crippen LogP contribution in [0, 0.1) is 0 Å². The van der Waals surface area contributed by atoms with Crippen LogP contribution >= 0.6 is 11.8 Å². The Morgan fingerprint density at radius 1 is 1.28 bits per heavy atom. The predicted molar refractivity (Wildman–Crippen MR) is 81.3 cm³/mol. The minimum Gasteiger partial charge on any atom is -0.307 e. The molecule has 0 saturated heterocycles. The molecule has 1 aromatic rings. The summed E-state index contributed by atoms with van der Waals surface area (Å²) in [6, 6.07) is 10.0. The van der Waals surface area contributed by atoms with Crippen molar-refractivity contribution in [1.29, 1.82) is 0 Å². The van der Waals surface area contributed by atoms with Crippen molar-refractivity contribution in [1.82, 2.24) is 5.32 Å². The third kappa shape index (κ3) is 3.76. The highest BCUT2D eigenvalue weighted by atomic mass is 32.2. The molecule has 2 atom stereocenters. The fourth-order valence-electron chi connectivity index (χ4n) is 2.60. The zero-order chi connectivity index (χ0) is 12.8. The average Bonchev–Trinajstić information content (AvgIpc) is 2.78. The number of nitrogens with one attached hydrogen (secondary N) is 1. The number of unbranched alkanes of at least 4 members (excludes halogenated alkanes) is 3. The summed E-state index contributed by atoms with van der Waals surface area (Å²) in [5, 5.41) is 3.79. The molecule has 0 aromatic heterocycles. The number of rotatable bonds is 7. The SMILES string of the molecule is CCCCCCC(C)NC1CSc2ccccc21. The standard InChI is InChI=1S/C16H25NS/c1-3-4-5-6-9-13(2)17-15-12-18-16-11-8-7-10-14(15)16/h7-8,10-11,13,15,17H,3-6,9,12H2,1-2H3. The number of fused-ring (bicyclic) bond motifs is 1. The van der Waals surface area contributed by atoms with Crippen LogP contribution < -0.4 is 5.32 Å². The van der Waals surface area contributed by atoms with Gasteiger partial charge in [-0.3, -0.25) is 0 Å². The van der Waals surface area contributed by atoms with Crippen LogP contribution in [0.4, 0.5) is 0 Å². The highest BCUT2D eigenvalue weighted by molar-refractivity contribution is 7.99. The first kappa shape index (κ1) is 14.0. The summed E-state index contributed by atoms with van der Waals surface area (Å²) in [6.45, 7) is 4.60. The molecule has 1 aromatic carbocycles. The Morgan fingerprint density at radius 2 is 2.11 bits per heavy atom. The molecule has 100 valence electrons. The minimum absolute atomic E-state index is 0.562. The van der Waals surface area contributed by atoms with Crippen LogP contribution in [0.25, 0.3) is 0 Å². The van der Waals surface area contributed by atoms with E-state index in [-0.39, 0.29) is 0 Å². The lowest BCUT2D eigenvalue weighted by atomic mass is 10.0. The van der Waals surface area contributed by atoms with E-state index >= 15 is 0 Å². The average molecular weight is 263 g/mol. The summed E-state index contributed by atoms with van der Waals surface area (Å²) < 4.78 is 0. The van der Waals surface area contributed by atoms with Gasteiger partial charge in [-0.05, 0) is 25.0 Å². The lowest BCUT2D eigenvalue weighted by molar-refractivity contribution is 0.442. The minimum atomic E-state index is 0.562. The summed E-state index contributed by atoms with van der Waals surface area (Å²) in [7, 11) is 0. The van der Waals surface area contributed by atoms with Gasteiger partial charge in [0.25, 0.3) is 0 Å². The molecule has 0 amide bonds. The van der Waals surface area contributed by atoms with Crippen LogP contribution in [0.15, 0.2) is 29.2 Å². The normalized spacial score (nSPS) is 19.8. The van der Waals surface area contributed by atoms with Gasteiger partial charge in [0.1, 0.15) is 0 Å². The first-order valence-corrected chi connectivity index (χ1v) is 8.27. The molecule has 18 heavy (non-hydrogen) atoms. The monoisotopic (exact) mass is 263 g/mol. The van der Waals surface area contributed by atoms with Crippen LogP contribution in [0.1, 0.15) is 57.6 Å². The highest BCUT2D eigenvalue weighted by Gasteiger charge is 2.23. The van der Waals surface area contributed by atoms with Crippen molar-refractivity contribution in [2.24, 2.45) is 0 Å². The predicted octanol–water partition coefficient (Wildman–Crippen LogP) is 4.78. The number of hydrogen-bond donors (Lipinski definition) is 1. The van der Waals surface area contributed by atoms with Gasteiger partial charge in [-0.1, -0.05) is 50.8 Å². The zero-order valence-electron chi connectivity index (χ0n) is 11.6. The third-order valence-electron chi connectivity index (χ3n) is 3.68. The molecule has 2 rings (SSSR count). The maximum Gasteiger partial charge on any atom is 0.0428 e. The van der Waals surface area contributed by atoms with Crippen LogP contribution in [-0.4, -0.2) is 11.8 Å². The fourth-order valence-corrected chi connectivity index (χ4v) is 3.78. The first-order valence-electron chi connectivity index (χ1n) is 7.29. The smallest absolute Gasteiger partial charge is 0.0428 e. The highest BCUT2D eigenvalue weighted by Crippen LogP contribution is 2.38. The second-order valence-electron chi connectivity index (χ2n) is 5.32. The van der Waals surface area contributed by atoms with Gasteiger partial charge in [0.05, 0.1) is 0 Å². The zero-order valence-corrected chi connectivity index (χ0v) is 12.4. The second kappa shape index (κ2) is 7.20. The maximum atomic E-state index is 3.79. The Hall–Kier alpha value is -0.470. The van der Waals surface area contributed by atoms with Crippen molar-refractivity contribution in [2.75, 3.05) is 5.75 Å². The lowest BCUT2D eigenvalue weighted by Crippen LogP contribution is -2.30. The Kier molecular flexibility index (Phi) is 5.58. The van der Waals surface area contributed by atoms with Crippen LogP contribution in [-0.2, 0) is 0 Å². The first-order chi connectivity index (χ1) is 8.81. The molecular formula is C16H25NS. The molecule has 0 bridgehead atoms. The fraction of sp³-hybridized carbons (Fsp3) is 0.625. The molecule has 1 nitrogen and oxygen atoms in total. The van der Waals surface area contributed by atoms with Crippen molar-refractivity contribution < 1.29 is 0 Å². The van der Waals surface area contributed by atoms with Crippen molar-refractivity contribution in [3.8, 4) is 0 Å². The molecule has 0 spiro atoms. The summed E-state index contributed by atoms with van der Waals surface area (Å²) in [6.07, 6.45) is 6.77. The van der Waals surface area contributed by atoms with Gasteiger partial charge >= 0.3 is 0 Å². The number of benzene rings is 1. The molecule has 0 aliphatic carbocycles. The van der Waals surface area contributed by atoms with E-state index in [2.05, 4.69) is 43.4 Å². The van der Waals surface area contributed by atoms with Crippen molar-refractivity contribution >= 4 is 11.8 Å². The van der Waals surface area contributed by atoms with Crippen LogP contribution in [0.2, 0.25) is 0 Å². The quantitative estimate of drug-likeness (QED) is 0.710. The molecule has 1 heterocycles. The van der Waals surface area contributed by atoms with Crippen molar-refractivity contribution in [2.45, 2.75) is 62.9 Å². The van der Waals surface area contributed by atoms with E-state index in [1.807, 2.05) is 11.8 Å². The molecule has 2 heteroatoms. The summed E-state index contributed by atoms with van der Waals surface area (Å²) in [5.41, 5.74) is 1.50. The van der Waals surface area contributed by atoms with Gasteiger partial charge in [0.15, 0.2) is 0 Å². The molecule has 1 aliphatic heterocycles. The van der Waals surface area contributed by atoms with Gasteiger partial charge in [0, 0.05) is 22.7 Å². The molecule has 1 N–H and O–H groups in total. The van der Waals surface area contributed by atoms with Crippen LogP contribution in [0.5, 0.6) is 0 Å². The third-order valence-corrected chi connectivity index (χ3v) is 4.86. The van der Waals surface area contributed by atoms with Crippen molar-refractivity contribution in [3.63, 3.8) is 0 Å². The van der Waals surface area contributed by atoms with Crippen molar-refractivity contribution in [3.05, 3.63) is 29.8 Å². The number of thioether (sulfide) groups is 1. The van der Waals surface area contributed by atoms with E-state index in [1.165, 1.54) is 48.3 Å². The van der Waals surface area contributed by atoms with Gasteiger partial charge in [-0.15, -0.1) is 11.8 Å². The van der Waals surface area contributed by atoms with E-state index in [4.69, 9.17) is 0 Å². The van der Waals surface area contributed by atoms with E-state index in [0.717, 1.165) is 0 Å². The van der Waals surface area contributed by atoms with Crippen LogP contribution in [0.3, 0.4) is 0 Å². The van der Waals surface area contributed by atoms with Gasteiger partial charge in [0.2, 0.25) is 0 Å². The summed E-state index contributed by atoms with van der Waals surface area (Å²) in [4.78, 5) is 1.47. The maximum absolute atomic E-state index is 3.79. The molecular weight excluding hydrogens is 238 g/mol. The Labute approximate surface area is 116 Å². The largest absolute Gasteiger partial charge is 0.307 e. The molecule has 2 unspecified atom stereocenters. The topological polar surface area (TPSA) is 12.0 Å².